The molecule has 1 aromatic carbocycles. The highest BCUT2D eigenvalue weighted by atomic mass is 32.1. The van der Waals surface area contributed by atoms with Crippen LogP contribution in [0, 0.1) is 11.8 Å². The average molecular weight is 442 g/mol. The lowest BCUT2D eigenvalue weighted by atomic mass is 9.88. The molecule has 9 heteroatoms. The second-order valence-corrected chi connectivity index (χ2v) is 9.46. The fourth-order valence-corrected chi connectivity index (χ4v) is 5.92. The molecule has 162 valence electrons. The molecular formula is C22H23N3O5S. The summed E-state index contributed by atoms with van der Waals surface area (Å²) in [6.45, 7) is 2.60. The molecule has 2 unspecified atom stereocenters. The second-order valence-electron chi connectivity index (χ2n) is 8.35. The number of hydrogen-bond acceptors (Lipinski definition) is 6. The van der Waals surface area contributed by atoms with E-state index in [9.17, 15) is 14.4 Å². The molecule has 8 nitrogen and oxygen atoms in total. The highest BCUT2D eigenvalue weighted by Gasteiger charge is 2.37. The topological polar surface area (TPSA) is 111 Å². The Morgan fingerprint density at radius 3 is 2.84 bits per heavy atom. The molecular weight excluding hydrogens is 418 g/mol. The van der Waals surface area contributed by atoms with Gasteiger partial charge in [0.1, 0.15) is 5.00 Å². The van der Waals surface area contributed by atoms with Crippen LogP contribution in [0.1, 0.15) is 40.6 Å². The summed E-state index contributed by atoms with van der Waals surface area (Å²) < 4.78 is 10.7. The predicted molar refractivity (Wildman–Crippen MR) is 116 cm³/mol. The van der Waals surface area contributed by atoms with Crippen molar-refractivity contribution in [3.63, 3.8) is 0 Å². The number of anilines is 2. The molecule has 1 aliphatic carbocycles. The maximum Gasteiger partial charge on any atom is 0.251 e. The highest BCUT2D eigenvalue weighted by molar-refractivity contribution is 7.17. The molecule has 2 atom stereocenters. The summed E-state index contributed by atoms with van der Waals surface area (Å²) in [6.07, 6.45) is 2.78. The summed E-state index contributed by atoms with van der Waals surface area (Å²) in [7, 11) is 0. The Morgan fingerprint density at radius 1 is 1.23 bits per heavy atom. The van der Waals surface area contributed by atoms with Gasteiger partial charge in [-0.3, -0.25) is 14.4 Å². The molecule has 3 amide bonds. The van der Waals surface area contributed by atoms with Gasteiger partial charge in [-0.05, 0) is 42.9 Å². The van der Waals surface area contributed by atoms with E-state index in [0.717, 1.165) is 29.7 Å². The van der Waals surface area contributed by atoms with Crippen molar-refractivity contribution in [3.8, 4) is 11.5 Å². The number of ether oxygens (including phenoxy) is 2. The van der Waals surface area contributed by atoms with Crippen molar-refractivity contribution in [2.75, 3.05) is 23.6 Å². The number of nitrogens with zero attached hydrogens (tertiary/aromatic N) is 1. The van der Waals surface area contributed by atoms with Crippen LogP contribution in [0.3, 0.4) is 0 Å². The molecule has 2 aliphatic heterocycles. The van der Waals surface area contributed by atoms with Gasteiger partial charge in [0.2, 0.25) is 18.6 Å². The van der Waals surface area contributed by atoms with Gasteiger partial charge >= 0.3 is 0 Å². The lowest BCUT2D eigenvalue weighted by Gasteiger charge is -2.18. The smallest absolute Gasteiger partial charge is 0.251 e. The van der Waals surface area contributed by atoms with Crippen molar-refractivity contribution >= 4 is 39.7 Å². The standard InChI is InChI=1S/C22H23N3O5S/c1-11-2-4-14-17(6-11)31-22(19(14)20(23)27)24-21(28)12-7-18(26)25(9-12)13-3-5-15-16(8-13)30-10-29-15/h3,5,8,11-12H,2,4,6-7,9-10H2,1H3,(H2,23,27)(H,24,28). The van der Waals surface area contributed by atoms with Gasteiger partial charge in [0.25, 0.3) is 5.91 Å². The van der Waals surface area contributed by atoms with Gasteiger partial charge in [0.05, 0.1) is 11.5 Å². The molecule has 3 heterocycles. The van der Waals surface area contributed by atoms with Crippen molar-refractivity contribution in [1.82, 2.24) is 0 Å². The fourth-order valence-electron chi connectivity index (χ4n) is 4.50. The van der Waals surface area contributed by atoms with Crippen molar-refractivity contribution in [3.05, 3.63) is 34.2 Å². The van der Waals surface area contributed by atoms with Gasteiger partial charge in [-0.15, -0.1) is 11.3 Å². The Morgan fingerprint density at radius 2 is 2.03 bits per heavy atom. The van der Waals surface area contributed by atoms with E-state index in [-0.39, 0.29) is 31.6 Å². The van der Waals surface area contributed by atoms with Gasteiger partial charge in [-0.25, -0.2) is 0 Å². The van der Waals surface area contributed by atoms with Crippen LogP contribution >= 0.6 is 11.3 Å². The van der Waals surface area contributed by atoms with Crippen LogP contribution in [0.5, 0.6) is 11.5 Å². The summed E-state index contributed by atoms with van der Waals surface area (Å²) in [5.41, 5.74) is 7.71. The number of carbonyl (C=O) groups excluding carboxylic acids is 3. The molecule has 1 fully saturated rings. The van der Waals surface area contributed by atoms with E-state index in [0.29, 0.717) is 33.7 Å². The Bertz CT molecular complexity index is 1100. The molecule has 3 N–H and O–H groups in total. The Kier molecular flexibility index (Phi) is 4.85. The number of carbonyl (C=O) groups is 3. The van der Waals surface area contributed by atoms with Crippen LogP contribution in [-0.4, -0.2) is 31.1 Å². The number of thiophene rings is 1. The maximum absolute atomic E-state index is 13.0. The lowest BCUT2D eigenvalue weighted by molar-refractivity contribution is -0.122. The molecule has 3 aliphatic rings. The van der Waals surface area contributed by atoms with E-state index in [1.807, 2.05) is 0 Å². The predicted octanol–water partition coefficient (Wildman–Crippen LogP) is 2.69. The molecule has 0 radical (unpaired) electrons. The van der Waals surface area contributed by atoms with Gasteiger partial charge in [0.15, 0.2) is 11.5 Å². The van der Waals surface area contributed by atoms with E-state index < -0.39 is 11.8 Å². The van der Waals surface area contributed by atoms with Crippen LogP contribution in [0.25, 0.3) is 0 Å². The van der Waals surface area contributed by atoms with E-state index in [1.54, 1.807) is 23.1 Å². The molecule has 31 heavy (non-hydrogen) atoms. The van der Waals surface area contributed by atoms with Gasteiger partial charge in [-0.1, -0.05) is 6.92 Å². The SMILES string of the molecule is CC1CCc2c(sc(NC(=O)C3CC(=O)N(c4ccc5c(c4)OCO5)C3)c2C(N)=O)C1. The lowest BCUT2D eigenvalue weighted by Crippen LogP contribution is -2.28. The first kappa shape index (κ1) is 19.9. The summed E-state index contributed by atoms with van der Waals surface area (Å²) in [4.78, 5) is 40.4. The number of benzene rings is 1. The number of rotatable bonds is 4. The van der Waals surface area contributed by atoms with E-state index in [2.05, 4.69) is 12.2 Å². The van der Waals surface area contributed by atoms with Crippen LogP contribution < -0.4 is 25.4 Å². The number of amides is 3. The molecule has 5 rings (SSSR count). The largest absolute Gasteiger partial charge is 0.454 e. The maximum atomic E-state index is 13.0. The second kappa shape index (κ2) is 7.56. The van der Waals surface area contributed by atoms with Gasteiger partial charge in [-0.2, -0.15) is 0 Å². The summed E-state index contributed by atoms with van der Waals surface area (Å²) in [5, 5.41) is 3.40. The molecule has 2 aromatic rings. The van der Waals surface area contributed by atoms with E-state index >= 15 is 0 Å². The summed E-state index contributed by atoms with van der Waals surface area (Å²) in [6, 6.07) is 5.29. The average Bonchev–Trinajstić information content (AvgIpc) is 3.43. The molecule has 0 saturated carbocycles. The van der Waals surface area contributed by atoms with Gasteiger partial charge < -0.3 is 25.4 Å². The highest BCUT2D eigenvalue weighted by Crippen LogP contribution is 2.40. The minimum atomic E-state index is -0.521. The number of fused-ring (bicyclic) bond motifs is 2. The zero-order chi connectivity index (χ0) is 21.7. The first-order chi connectivity index (χ1) is 14.9. The van der Waals surface area contributed by atoms with Crippen LogP contribution in [0.2, 0.25) is 0 Å². The summed E-state index contributed by atoms with van der Waals surface area (Å²) >= 11 is 1.43. The fraction of sp³-hybridized carbons (Fsp3) is 0.409. The monoisotopic (exact) mass is 441 g/mol. The van der Waals surface area contributed by atoms with E-state index in [1.165, 1.54) is 11.3 Å². The minimum Gasteiger partial charge on any atom is -0.454 e. The number of nitrogens with one attached hydrogen (secondary N) is 1. The molecule has 0 bridgehead atoms. The molecule has 1 aromatic heterocycles. The molecule has 1 saturated heterocycles. The van der Waals surface area contributed by atoms with Crippen LogP contribution in [0.15, 0.2) is 18.2 Å². The normalized spacial score (nSPS) is 21.8. The third kappa shape index (κ3) is 3.52. The van der Waals surface area contributed by atoms with Crippen molar-refractivity contribution in [2.45, 2.75) is 32.6 Å². The van der Waals surface area contributed by atoms with Gasteiger partial charge in [0, 0.05) is 29.6 Å². The quantitative estimate of drug-likeness (QED) is 0.758. The van der Waals surface area contributed by atoms with Crippen LogP contribution in [-0.2, 0) is 22.4 Å². The number of hydrogen-bond donors (Lipinski definition) is 2. The Hall–Kier alpha value is -3.07. The van der Waals surface area contributed by atoms with Crippen molar-refractivity contribution < 1.29 is 23.9 Å². The minimum absolute atomic E-state index is 0.105. The number of primary amides is 1. The third-order valence-electron chi connectivity index (χ3n) is 6.16. The van der Waals surface area contributed by atoms with E-state index in [4.69, 9.17) is 15.2 Å². The first-order valence-corrected chi connectivity index (χ1v) is 11.2. The van der Waals surface area contributed by atoms with Crippen molar-refractivity contribution in [1.29, 1.82) is 0 Å². The third-order valence-corrected chi connectivity index (χ3v) is 7.33. The zero-order valence-electron chi connectivity index (χ0n) is 17.1. The first-order valence-electron chi connectivity index (χ1n) is 10.4. The van der Waals surface area contributed by atoms with Crippen LogP contribution in [0.4, 0.5) is 10.7 Å². The Labute approximate surface area is 183 Å². The Balaban J connectivity index is 1.34. The number of nitrogens with two attached hydrogens (primary N) is 1. The molecule has 0 spiro atoms. The summed E-state index contributed by atoms with van der Waals surface area (Å²) in [5.74, 6) is 0.322. The van der Waals surface area contributed by atoms with Crippen molar-refractivity contribution in [2.24, 2.45) is 17.6 Å². The zero-order valence-corrected chi connectivity index (χ0v) is 17.9.